The number of nitrogen functional groups attached to an aromatic ring is 1. The van der Waals surface area contributed by atoms with Crippen molar-refractivity contribution in [3.8, 4) is 11.3 Å². The van der Waals surface area contributed by atoms with E-state index in [1.807, 2.05) is 36.0 Å². The lowest BCUT2D eigenvalue weighted by Gasteiger charge is -2.18. The largest absolute Gasteiger partial charge is 0.397 e. The van der Waals surface area contributed by atoms with Crippen LogP contribution in [0.15, 0.2) is 55.0 Å². The summed E-state index contributed by atoms with van der Waals surface area (Å²) < 4.78 is 1.94. The SMILES string of the molecule is CCC[C@H](NC(=O)c1ccc(-c2ncccc2N)cc1)c1nccn1C. The van der Waals surface area contributed by atoms with E-state index in [2.05, 4.69) is 22.2 Å². The van der Waals surface area contributed by atoms with E-state index in [0.717, 1.165) is 29.9 Å². The molecule has 0 radical (unpaired) electrons. The van der Waals surface area contributed by atoms with Crippen LogP contribution in [0.2, 0.25) is 0 Å². The van der Waals surface area contributed by atoms with Crippen LogP contribution in [-0.2, 0) is 7.05 Å². The second-order valence-corrected chi connectivity index (χ2v) is 6.23. The van der Waals surface area contributed by atoms with Crippen LogP contribution in [0, 0.1) is 0 Å². The lowest BCUT2D eigenvalue weighted by molar-refractivity contribution is 0.0932. The lowest BCUT2D eigenvalue weighted by Crippen LogP contribution is -2.30. The number of benzene rings is 1. The first-order chi connectivity index (χ1) is 12.6. The number of hydrogen-bond acceptors (Lipinski definition) is 4. The number of carbonyl (C=O) groups is 1. The van der Waals surface area contributed by atoms with Gasteiger partial charge in [-0.2, -0.15) is 0 Å². The van der Waals surface area contributed by atoms with Gasteiger partial charge in [0.05, 0.1) is 17.4 Å². The third-order valence-electron chi connectivity index (χ3n) is 4.31. The Morgan fingerprint density at radius 3 is 2.58 bits per heavy atom. The molecule has 3 rings (SSSR count). The second kappa shape index (κ2) is 7.82. The number of aromatic nitrogens is 3. The van der Waals surface area contributed by atoms with Crippen molar-refractivity contribution in [2.45, 2.75) is 25.8 Å². The lowest BCUT2D eigenvalue weighted by atomic mass is 10.1. The van der Waals surface area contributed by atoms with Crippen molar-refractivity contribution in [2.75, 3.05) is 5.73 Å². The Hall–Kier alpha value is -3.15. The minimum Gasteiger partial charge on any atom is -0.397 e. The summed E-state index contributed by atoms with van der Waals surface area (Å²) in [4.78, 5) is 21.3. The molecule has 6 heteroatoms. The zero-order valence-corrected chi connectivity index (χ0v) is 15.0. The standard InChI is InChI=1S/C20H23N5O/c1-3-5-17(19-23-12-13-25(19)2)24-20(26)15-9-7-14(8-10-15)18-16(21)6-4-11-22-18/h4,6-13,17H,3,5,21H2,1-2H3,(H,24,26)/t17-/m0/s1. The highest BCUT2D eigenvalue weighted by Crippen LogP contribution is 2.23. The summed E-state index contributed by atoms with van der Waals surface area (Å²) in [6.07, 6.45) is 7.12. The van der Waals surface area contributed by atoms with Crippen molar-refractivity contribution in [1.82, 2.24) is 19.9 Å². The van der Waals surface area contributed by atoms with Gasteiger partial charge in [-0.25, -0.2) is 4.98 Å². The van der Waals surface area contributed by atoms with E-state index in [4.69, 9.17) is 5.73 Å². The molecular weight excluding hydrogens is 326 g/mol. The quantitative estimate of drug-likeness (QED) is 0.715. The fourth-order valence-electron chi connectivity index (χ4n) is 2.95. The Kier molecular flexibility index (Phi) is 5.31. The maximum absolute atomic E-state index is 12.7. The molecule has 0 aliphatic carbocycles. The Balaban J connectivity index is 1.77. The van der Waals surface area contributed by atoms with Gasteiger partial charge in [0.25, 0.3) is 5.91 Å². The first-order valence-electron chi connectivity index (χ1n) is 8.69. The predicted molar refractivity (Wildman–Crippen MR) is 102 cm³/mol. The summed E-state index contributed by atoms with van der Waals surface area (Å²) in [7, 11) is 1.93. The van der Waals surface area contributed by atoms with Crippen LogP contribution in [0.1, 0.15) is 42.0 Å². The van der Waals surface area contributed by atoms with Gasteiger partial charge in [-0.05, 0) is 30.7 Å². The summed E-state index contributed by atoms with van der Waals surface area (Å²) in [6, 6.07) is 10.8. The van der Waals surface area contributed by atoms with Crippen molar-refractivity contribution < 1.29 is 4.79 Å². The monoisotopic (exact) mass is 349 g/mol. The van der Waals surface area contributed by atoms with Gasteiger partial charge in [-0.3, -0.25) is 9.78 Å². The molecule has 0 unspecified atom stereocenters. The van der Waals surface area contributed by atoms with E-state index in [-0.39, 0.29) is 11.9 Å². The molecule has 6 nitrogen and oxygen atoms in total. The first kappa shape index (κ1) is 17.7. The van der Waals surface area contributed by atoms with Crippen LogP contribution in [0.3, 0.4) is 0 Å². The van der Waals surface area contributed by atoms with Crippen molar-refractivity contribution in [1.29, 1.82) is 0 Å². The number of nitrogens with one attached hydrogen (secondary N) is 1. The zero-order chi connectivity index (χ0) is 18.5. The molecule has 0 aliphatic heterocycles. The van der Waals surface area contributed by atoms with Gasteiger partial charge < -0.3 is 15.6 Å². The Morgan fingerprint density at radius 2 is 1.96 bits per heavy atom. The average Bonchev–Trinajstić information content (AvgIpc) is 3.08. The summed E-state index contributed by atoms with van der Waals surface area (Å²) in [5.74, 6) is 0.741. The Bertz CT molecular complexity index is 885. The zero-order valence-electron chi connectivity index (χ0n) is 15.0. The van der Waals surface area contributed by atoms with Crippen molar-refractivity contribution in [3.63, 3.8) is 0 Å². The molecule has 134 valence electrons. The van der Waals surface area contributed by atoms with E-state index in [0.29, 0.717) is 11.3 Å². The maximum Gasteiger partial charge on any atom is 0.251 e. The Morgan fingerprint density at radius 1 is 1.19 bits per heavy atom. The highest BCUT2D eigenvalue weighted by atomic mass is 16.1. The van der Waals surface area contributed by atoms with E-state index in [1.54, 1.807) is 30.6 Å². The predicted octanol–water partition coefficient (Wildman–Crippen LogP) is 3.34. The number of aryl methyl sites for hydroxylation is 1. The number of carbonyl (C=O) groups excluding carboxylic acids is 1. The summed E-state index contributed by atoms with van der Waals surface area (Å²) in [5, 5.41) is 3.09. The van der Waals surface area contributed by atoms with E-state index < -0.39 is 0 Å². The molecular formula is C20H23N5O. The highest BCUT2D eigenvalue weighted by molar-refractivity contribution is 5.95. The van der Waals surface area contributed by atoms with Gasteiger partial charge in [-0.1, -0.05) is 25.5 Å². The van der Waals surface area contributed by atoms with Crippen LogP contribution >= 0.6 is 0 Å². The van der Waals surface area contributed by atoms with Crippen LogP contribution in [0.25, 0.3) is 11.3 Å². The number of imidazole rings is 1. The highest BCUT2D eigenvalue weighted by Gasteiger charge is 2.18. The molecule has 3 aromatic rings. The second-order valence-electron chi connectivity index (χ2n) is 6.23. The fraction of sp³-hybridized carbons (Fsp3) is 0.250. The normalized spacial score (nSPS) is 11.9. The third kappa shape index (κ3) is 3.74. The number of pyridine rings is 1. The van der Waals surface area contributed by atoms with Gasteiger partial charge in [0.1, 0.15) is 5.82 Å². The molecule has 0 fully saturated rings. The summed E-state index contributed by atoms with van der Waals surface area (Å²) in [5.41, 5.74) is 8.78. The summed E-state index contributed by atoms with van der Waals surface area (Å²) >= 11 is 0. The van der Waals surface area contributed by atoms with E-state index in [1.165, 1.54) is 0 Å². The molecule has 3 N–H and O–H groups in total. The van der Waals surface area contributed by atoms with Gasteiger partial charge in [0, 0.05) is 36.8 Å². The molecule has 2 heterocycles. The summed E-state index contributed by atoms with van der Waals surface area (Å²) in [6.45, 7) is 2.09. The molecule has 0 saturated heterocycles. The molecule has 0 spiro atoms. The number of rotatable bonds is 6. The van der Waals surface area contributed by atoms with Gasteiger partial charge >= 0.3 is 0 Å². The first-order valence-corrected chi connectivity index (χ1v) is 8.69. The molecule has 1 aromatic carbocycles. The topological polar surface area (TPSA) is 85.8 Å². The van der Waals surface area contributed by atoms with Crippen molar-refractivity contribution >= 4 is 11.6 Å². The minimum absolute atomic E-state index is 0.112. The maximum atomic E-state index is 12.7. The molecule has 1 atom stereocenters. The van der Waals surface area contributed by atoms with Crippen LogP contribution in [0.4, 0.5) is 5.69 Å². The van der Waals surface area contributed by atoms with Gasteiger partial charge in [-0.15, -0.1) is 0 Å². The average molecular weight is 349 g/mol. The Labute approximate surface area is 153 Å². The molecule has 26 heavy (non-hydrogen) atoms. The van der Waals surface area contributed by atoms with Gasteiger partial charge in [0.15, 0.2) is 0 Å². The molecule has 0 saturated carbocycles. The smallest absolute Gasteiger partial charge is 0.251 e. The molecule has 2 aromatic heterocycles. The van der Waals surface area contributed by atoms with Crippen LogP contribution < -0.4 is 11.1 Å². The minimum atomic E-state index is -0.119. The molecule has 1 amide bonds. The number of anilines is 1. The van der Waals surface area contributed by atoms with Crippen molar-refractivity contribution in [3.05, 3.63) is 66.4 Å². The number of hydrogen-bond donors (Lipinski definition) is 2. The van der Waals surface area contributed by atoms with Gasteiger partial charge in [0.2, 0.25) is 0 Å². The third-order valence-corrected chi connectivity index (χ3v) is 4.31. The molecule has 0 bridgehead atoms. The fourth-order valence-corrected chi connectivity index (χ4v) is 2.95. The molecule has 0 aliphatic rings. The van der Waals surface area contributed by atoms with Crippen LogP contribution in [-0.4, -0.2) is 20.4 Å². The van der Waals surface area contributed by atoms with E-state index in [9.17, 15) is 4.79 Å². The van der Waals surface area contributed by atoms with Crippen LogP contribution in [0.5, 0.6) is 0 Å². The number of nitrogens with two attached hydrogens (primary N) is 1. The van der Waals surface area contributed by atoms with Crippen molar-refractivity contribution in [2.24, 2.45) is 7.05 Å². The number of nitrogens with zero attached hydrogens (tertiary/aromatic N) is 3. The van der Waals surface area contributed by atoms with E-state index >= 15 is 0 Å². The number of amides is 1.